The molecule has 0 saturated heterocycles. The summed E-state index contributed by atoms with van der Waals surface area (Å²) in [5, 5.41) is 10.3. The van der Waals surface area contributed by atoms with Crippen molar-refractivity contribution in [3.05, 3.63) is 48.3 Å². The normalized spacial score (nSPS) is 11.6. The van der Waals surface area contributed by atoms with Gasteiger partial charge >= 0.3 is 0 Å². The molecule has 1 heterocycles. The minimum Gasteiger partial charge on any atom is -0.490 e. The summed E-state index contributed by atoms with van der Waals surface area (Å²) in [6.45, 7) is 6.45. The van der Waals surface area contributed by atoms with E-state index in [9.17, 15) is 9.18 Å². The topological polar surface area (TPSA) is 95.7 Å². The molecule has 0 aliphatic heterocycles. The van der Waals surface area contributed by atoms with Gasteiger partial charge in [0, 0.05) is 5.56 Å². The first-order valence-corrected chi connectivity index (χ1v) is 10.0. The van der Waals surface area contributed by atoms with Gasteiger partial charge in [-0.05, 0) is 60.9 Å². The fourth-order valence-corrected chi connectivity index (χ4v) is 2.87. The van der Waals surface area contributed by atoms with Crippen molar-refractivity contribution < 1.29 is 28.0 Å². The third-order valence-corrected chi connectivity index (χ3v) is 4.32. The van der Waals surface area contributed by atoms with Crippen molar-refractivity contribution in [3.63, 3.8) is 0 Å². The highest BCUT2D eigenvalue weighted by atomic mass is 19.1. The van der Waals surface area contributed by atoms with Crippen molar-refractivity contribution in [3.8, 4) is 28.5 Å². The second-order valence-corrected chi connectivity index (χ2v) is 6.42. The smallest absolute Gasteiger partial charge is 0.266 e. The first-order chi connectivity index (χ1) is 15.1. The van der Waals surface area contributed by atoms with Gasteiger partial charge in [0.05, 0.1) is 13.2 Å². The summed E-state index contributed by atoms with van der Waals surface area (Å²) in [6.07, 6.45) is -0.612. The molecule has 0 bridgehead atoms. The molecule has 31 heavy (non-hydrogen) atoms. The number of ether oxygens (including phenoxy) is 3. The minimum absolute atomic E-state index is 0.00382. The zero-order chi connectivity index (χ0) is 22.2. The quantitative estimate of drug-likeness (QED) is 0.508. The van der Waals surface area contributed by atoms with Gasteiger partial charge in [-0.3, -0.25) is 4.79 Å². The maximum Gasteiger partial charge on any atom is 0.266 e. The number of hydrogen-bond acceptors (Lipinski definition) is 7. The van der Waals surface area contributed by atoms with Gasteiger partial charge < -0.3 is 19.5 Å². The van der Waals surface area contributed by atoms with Crippen LogP contribution in [-0.2, 0) is 4.79 Å². The molecule has 1 amide bonds. The Balaban J connectivity index is 1.80. The van der Waals surface area contributed by atoms with E-state index in [0.29, 0.717) is 42.4 Å². The SMILES string of the molecule is CCOc1ccc(-c2nonc2NC(=O)[C@@H](CC)Oc2ccccc2F)cc1OCC. The van der Waals surface area contributed by atoms with Crippen molar-refractivity contribution in [2.24, 2.45) is 0 Å². The van der Waals surface area contributed by atoms with Crippen molar-refractivity contribution in [2.45, 2.75) is 33.3 Å². The molecular formula is C22H24FN3O5. The largest absolute Gasteiger partial charge is 0.490 e. The van der Waals surface area contributed by atoms with E-state index in [2.05, 4.69) is 15.6 Å². The maximum absolute atomic E-state index is 13.9. The number of nitrogens with zero attached hydrogens (tertiary/aromatic N) is 2. The molecule has 1 atom stereocenters. The highest BCUT2D eigenvalue weighted by Gasteiger charge is 2.24. The monoisotopic (exact) mass is 429 g/mol. The molecule has 0 aliphatic carbocycles. The molecule has 2 aromatic carbocycles. The lowest BCUT2D eigenvalue weighted by molar-refractivity contribution is -0.122. The van der Waals surface area contributed by atoms with Crippen LogP contribution in [0.4, 0.5) is 10.2 Å². The molecule has 9 heteroatoms. The number of rotatable bonds is 10. The van der Waals surface area contributed by atoms with Crippen LogP contribution in [-0.4, -0.2) is 35.5 Å². The van der Waals surface area contributed by atoms with E-state index >= 15 is 0 Å². The van der Waals surface area contributed by atoms with Gasteiger partial charge in [0.2, 0.25) is 5.82 Å². The number of nitrogens with one attached hydrogen (secondary N) is 1. The average molecular weight is 429 g/mol. The number of anilines is 1. The number of hydrogen-bond donors (Lipinski definition) is 1. The number of benzene rings is 2. The molecule has 0 unspecified atom stereocenters. The molecular weight excluding hydrogens is 405 g/mol. The van der Waals surface area contributed by atoms with E-state index in [1.165, 1.54) is 12.1 Å². The zero-order valence-corrected chi connectivity index (χ0v) is 17.6. The predicted molar refractivity (Wildman–Crippen MR) is 112 cm³/mol. The Hall–Kier alpha value is -3.62. The van der Waals surface area contributed by atoms with Crippen molar-refractivity contribution in [2.75, 3.05) is 18.5 Å². The predicted octanol–water partition coefficient (Wildman–Crippen LogP) is 4.47. The summed E-state index contributed by atoms with van der Waals surface area (Å²) >= 11 is 0. The van der Waals surface area contributed by atoms with E-state index in [4.69, 9.17) is 18.8 Å². The number of amides is 1. The van der Waals surface area contributed by atoms with Crippen LogP contribution in [0.15, 0.2) is 47.1 Å². The van der Waals surface area contributed by atoms with Crippen LogP contribution in [0.5, 0.6) is 17.2 Å². The van der Waals surface area contributed by atoms with E-state index in [1.807, 2.05) is 13.8 Å². The number of halogens is 1. The summed E-state index contributed by atoms with van der Waals surface area (Å²) in [5.41, 5.74) is 0.935. The Morgan fingerprint density at radius 1 is 1.03 bits per heavy atom. The Morgan fingerprint density at radius 2 is 1.77 bits per heavy atom. The second kappa shape index (κ2) is 10.4. The van der Waals surface area contributed by atoms with Gasteiger partial charge in [0.25, 0.3) is 5.91 Å². The number of aromatic nitrogens is 2. The van der Waals surface area contributed by atoms with Gasteiger partial charge in [0.15, 0.2) is 34.9 Å². The Morgan fingerprint density at radius 3 is 2.48 bits per heavy atom. The summed E-state index contributed by atoms with van der Waals surface area (Å²) in [5.74, 6) is 0.202. The lowest BCUT2D eigenvalue weighted by atomic mass is 10.1. The van der Waals surface area contributed by atoms with E-state index < -0.39 is 17.8 Å². The number of para-hydroxylation sites is 1. The molecule has 1 aromatic heterocycles. The van der Waals surface area contributed by atoms with Gasteiger partial charge in [0.1, 0.15) is 0 Å². The third kappa shape index (κ3) is 5.30. The molecule has 3 aromatic rings. The van der Waals surface area contributed by atoms with Gasteiger partial charge in [-0.2, -0.15) is 0 Å². The van der Waals surface area contributed by atoms with E-state index in [1.54, 1.807) is 37.3 Å². The zero-order valence-electron chi connectivity index (χ0n) is 17.6. The summed E-state index contributed by atoms with van der Waals surface area (Å²) in [7, 11) is 0. The molecule has 3 rings (SSSR count). The average Bonchev–Trinajstić information content (AvgIpc) is 3.22. The van der Waals surface area contributed by atoms with Crippen molar-refractivity contribution >= 4 is 11.7 Å². The second-order valence-electron chi connectivity index (χ2n) is 6.42. The number of carbonyl (C=O) groups excluding carboxylic acids is 1. The first kappa shape index (κ1) is 22.1. The molecule has 0 saturated carbocycles. The molecule has 0 radical (unpaired) electrons. The maximum atomic E-state index is 13.9. The Bertz CT molecular complexity index is 1020. The fraction of sp³-hybridized carbons (Fsp3) is 0.318. The molecule has 0 fully saturated rings. The van der Waals surface area contributed by atoms with Gasteiger partial charge in [-0.25, -0.2) is 9.02 Å². The molecule has 0 aliphatic rings. The van der Waals surface area contributed by atoms with Crippen LogP contribution in [0.2, 0.25) is 0 Å². The summed E-state index contributed by atoms with van der Waals surface area (Å²) in [6, 6.07) is 11.1. The summed E-state index contributed by atoms with van der Waals surface area (Å²) < 4.78 is 35.5. The van der Waals surface area contributed by atoms with Crippen LogP contribution in [0.3, 0.4) is 0 Å². The Labute approximate surface area is 179 Å². The van der Waals surface area contributed by atoms with Crippen LogP contribution in [0, 0.1) is 5.82 Å². The highest BCUT2D eigenvalue weighted by Crippen LogP contribution is 2.34. The first-order valence-electron chi connectivity index (χ1n) is 10.0. The number of carbonyl (C=O) groups is 1. The fourth-order valence-electron chi connectivity index (χ4n) is 2.87. The van der Waals surface area contributed by atoms with Crippen molar-refractivity contribution in [1.82, 2.24) is 10.3 Å². The summed E-state index contributed by atoms with van der Waals surface area (Å²) in [4.78, 5) is 12.7. The van der Waals surface area contributed by atoms with E-state index in [-0.39, 0.29) is 11.6 Å². The molecule has 164 valence electrons. The lowest BCUT2D eigenvalue weighted by Crippen LogP contribution is -2.32. The molecule has 8 nitrogen and oxygen atoms in total. The minimum atomic E-state index is -0.930. The van der Waals surface area contributed by atoms with Crippen LogP contribution in [0.1, 0.15) is 27.2 Å². The molecule has 0 spiro atoms. The van der Waals surface area contributed by atoms with Crippen LogP contribution >= 0.6 is 0 Å². The standard InChI is InChI=1S/C22H24FN3O5/c1-4-16(30-17-10-8-7-9-15(17)23)22(27)24-21-20(25-31-26-21)14-11-12-18(28-5-2)19(13-14)29-6-3/h7-13,16H,4-6H2,1-3H3,(H,24,26,27)/t16-/m1/s1. The van der Waals surface area contributed by atoms with E-state index in [0.717, 1.165) is 0 Å². The van der Waals surface area contributed by atoms with Gasteiger partial charge in [-0.1, -0.05) is 19.1 Å². The third-order valence-electron chi connectivity index (χ3n) is 4.32. The van der Waals surface area contributed by atoms with Gasteiger partial charge in [-0.15, -0.1) is 0 Å². The Kier molecular flexibility index (Phi) is 7.42. The van der Waals surface area contributed by atoms with Crippen molar-refractivity contribution in [1.29, 1.82) is 0 Å². The lowest BCUT2D eigenvalue weighted by Gasteiger charge is -2.17. The van der Waals surface area contributed by atoms with Crippen LogP contribution in [0.25, 0.3) is 11.3 Å². The molecule has 1 N–H and O–H groups in total. The van der Waals surface area contributed by atoms with Crippen LogP contribution < -0.4 is 19.5 Å². The highest BCUT2D eigenvalue weighted by molar-refractivity contribution is 5.96.